The van der Waals surface area contributed by atoms with Crippen LogP contribution in [0.4, 0.5) is 0 Å². The first-order chi connectivity index (χ1) is 5.00. The molecule has 1 saturated heterocycles. The van der Waals surface area contributed by atoms with E-state index in [0.29, 0.717) is 0 Å². The van der Waals surface area contributed by atoms with Crippen molar-refractivity contribution in [3.8, 4) is 0 Å². The summed E-state index contributed by atoms with van der Waals surface area (Å²) in [5.41, 5.74) is 0.139. The summed E-state index contributed by atoms with van der Waals surface area (Å²) in [6.45, 7) is 13.3. The first-order valence-electron chi connectivity index (χ1n) is 4.60. The second kappa shape index (κ2) is 3.14. The molecule has 0 aromatic carbocycles. The molecule has 65 valence electrons. The minimum Gasteiger partial charge on any atom is -0.298 e. The predicted octanol–water partition coefficient (Wildman–Crippen LogP) is 2.33. The fourth-order valence-electron chi connectivity index (χ4n) is 1.61. The highest BCUT2D eigenvalue weighted by molar-refractivity contribution is 4.86. The Bertz CT molecular complexity index is 115. The Labute approximate surface area is 70.8 Å². The van der Waals surface area contributed by atoms with Gasteiger partial charge in [0.25, 0.3) is 0 Å². The largest absolute Gasteiger partial charge is 0.298 e. The van der Waals surface area contributed by atoms with Gasteiger partial charge in [-0.15, -0.1) is 0 Å². The third kappa shape index (κ3) is 2.48. The lowest BCUT2D eigenvalue weighted by Gasteiger charge is -2.40. The van der Waals surface area contributed by atoms with Crippen LogP contribution in [0.2, 0.25) is 0 Å². The lowest BCUT2D eigenvalue weighted by molar-refractivity contribution is 0.109. The second-order valence-corrected chi connectivity index (χ2v) is 4.48. The zero-order valence-electron chi connectivity index (χ0n) is 8.06. The number of hydrogen-bond donors (Lipinski definition) is 0. The molecule has 0 unspecified atom stereocenters. The van der Waals surface area contributed by atoms with Crippen LogP contribution in [0.25, 0.3) is 0 Å². The van der Waals surface area contributed by atoms with Crippen LogP contribution in [0.5, 0.6) is 0 Å². The molecule has 1 rings (SSSR count). The average molecular weight is 154 g/mol. The van der Waals surface area contributed by atoms with Gasteiger partial charge >= 0.3 is 0 Å². The van der Waals surface area contributed by atoms with E-state index in [1.807, 2.05) is 0 Å². The van der Waals surface area contributed by atoms with Gasteiger partial charge in [-0.05, 0) is 52.6 Å². The Balaban J connectivity index is 2.39. The lowest BCUT2D eigenvalue weighted by Crippen LogP contribution is -2.45. The van der Waals surface area contributed by atoms with Crippen LogP contribution in [0, 0.1) is 12.8 Å². The number of hydrogen-bond acceptors (Lipinski definition) is 1. The monoisotopic (exact) mass is 154 g/mol. The summed E-state index contributed by atoms with van der Waals surface area (Å²) in [5.74, 6) is 0.925. The molecule has 1 heteroatoms. The molecular formula is C10H20N. The van der Waals surface area contributed by atoms with Gasteiger partial charge in [0, 0.05) is 5.54 Å². The van der Waals surface area contributed by atoms with E-state index in [4.69, 9.17) is 0 Å². The van der Waals surface area contributed by atoms with Crippen LogP contribution in [0.3, 0.4) is 0 Å². The highest BCUT2D eigenvalue weighted by atomic mass is 15.2. The van der Waals surface area contributed by atoms with Gasteiger partial charge < -0.3 is 0 Å². The van der Waals surface area contributed by atoms with Crippen molar-refractivity contribution < 1.29 is 0 Å². The van der Waals surface area contributed by atoms with Gasteiger partial charge in [-0.3, -0.25) is 4.90 Å². The first-order valence-corrected chi connectivity index (χ1v) is 4.60. The average Bonchev–Trinajstić information content (AvgIpc) is 1.86. The molecule has 0 amide bonds. The molecule has 0 bridgehead atoms. The van der Waals surface area contributed by atoms with Crippen molar-refractivity contribution in [2.24, 2.45) is 5.92 Å². The zero-order valence-corrected chi connectivity index (χ0v) is 8.06. The quantitative estimate of drug-likeness (QED) is 0.560. The Kier molecular flexibility index (Phi) is 2.58. The van der Waals surface area contributed by atoms with Gasteiger partial charge in [-0.1, -0.05) is 6.92 Å². The maximum Gasteiger partial charge on any atom is 0.0153 e. The van der Waals surface area contributed by atoms with Crippen molar-refractivity contribution in [1.29, 1.82) is 0 Å². The summed E-state index contributed by atoms with van der Waals surface area (Å²) in [6, 6.07) is 0. The fraction of sp³-hybridized carbons (Fsp3) is 0.900. The summed E-state index contributed by atoms with van der Waals surface area (Å²) in [7, 11) is 0. The summed E-state index contributed by atoms with van der Waals surface area (Å²) in [6.07, 6.45) is 2.69. The topological polar surface area (TPSA) is 3.24 Å². The van der Waals surface area contributed by atoms with Crippen LogP contribution in [0.1, 0.15) is 33.6 Å². The van der Waals surface area contributed by atoms with Gasteiger partial charge in [-0.25, -0.2) is 0 Å². The fourth-order valence-corrected chi connectivity index (χ4v) is 1.61. The van der Waals surface area contributed by atoms with Crippen molar-refractivity contribution in [2.45, 2.75) is 39.2 Å². The van der Waals surface area contributed by atoms with E-state index in [0.717, 1.165) is 5.92 Å². The van der Waals surface area contributed by atoms with E-state index < -0.39 is 0 Å². The van der Waals surface area contributed by atoms with Crippen molar-refractivity contribution in [1.82, 2.24) is 4.90 Å². The predicted molar refractivity (Wildman–Crippen MR) is 49.4 cm³/mol. The third-order valence-corrected chi connectivity index (χ3v) is 2.64. The van der Waals surface area contributed by atoms with Crippen molar-refractivity contribution in [3.05, 3.63) is 6.92 Å². The molecule has 1 radical (unpaired) electrons. The molecule has 1 aliphatic heterocycles. The number of likely N-dealkylation sites (tertiary alicyclic amines) is 1. The van der Waals surface area contributed by atoms with Crippen molar-refractivity contribution in [2.75, 3.05) is 13.1 Å². The van der Waals surface area contributed by atoms with Crippen molar-refractivity contribution in [3.63, 3.8) is 0 Å². The maximum absolute atomic E-state index is 4.15. The molecule has 0 spiro atoms. The van der Waals surface area contributed by atoms with Crippen LogP contribution in [-0.4, -0.2) is 23.5 Å². The molecule has 1 aliphatic rings. The van der Waals surface area contributed by atoms with E-state index in [-0.39, 0.29) is 5.54 Å². The molecule has 0 aliphatic carbocycles. The molecule has 1 nitrogen and oxygen atoms in total. The number of rotatable bonds is 1. The minimum atomic E-state index is 0.139. The number of nitrogens with zero attached hydrogens (tertiary/aromatic N) is 1. The molecular weight excluding hydrogens is 134 g/mol. The maximum atomic E-state index is 4.15. The molecule has 0 N–H and O–H groups in total. The lowest BCUT2D eigenvalue weighted by atomic mass is 9.95. The standard InChI is InChI=1S/C10H20N/c1-9-5-7-11(8-6-9)10(2,3)4/h9H,2,5-8H2,1,3-4H3. The summed E-state index contributed by atoms with van der Waals surface area (Å²) < 4.78 is 0. The molecule has 11 heavy (non-hydrogen) atoms. The van der Waals surface area contributed by atoms with E-state index in [2.05, 4.69) is 32.6 Å². The molecule has 0 aromatic heterocycles. The van der Waals surface area contributed by atoms with Gasteiger partial charge in [-0.2, -0.15) is 0 Å². The highest BCUT2D eigenvalue weighted by Gasteiger charge is 2.24. The van der Waals surface area contributed by atoms with E-state index in [9.17, 15) is 0 Å². The summed E-state index contributed by atoms with van der Waals surface area (Å²) >= 11 is 0. The van der Waals surface area contributed by atoms with Crippen LogP contribution >= 0.6 is 0 Å². The normalized spacial score (nSPS) is 24.0. The van der Waals surface area contributed by atoms with Gasteiger partial charge in [0.15, 0.2) is 0 Å². The van der Waals surface area contributed by atoms with Gasteiger partial charge in [0.2, 0.25) is 0 Å². The zero-order chi connectivity index (χ0) is 8.48. The van der Waals surface area contributed by atoms with Gasteiger partial charge in [0.05, 0.1) is 0 Å². The van der Waals surface area contributed by atoms with Crippen molar-refractivity contribution >= 4 is 0 Å². The highest BCUT2D eigenvalue weighted by Crippen LogP contribution is 2.22. The minimum absolute atomic E-state index is 0.139. The Morgan fingerprint density at radius 1 is 1.27 bits per heavy atom. The van der Waals surface area contributed by atoms with Crippen LogP contribution in [0.15, 0.2) is 0 Å². The Hall–Kier alpha value is -0.0400. The van der Waals surface area contributed by atoms with E-state index >= 15 is 0 Å². The van der Waals surface area contributed by atoms with E-state index in [1.54, 1.807) is 0 Å². The molecule has 1 fully saturated rings. The van der Waals surface area contributed by atoms with Gasteiger partial charge in [0.1, 0.15) is 0 Å². The molecule has 0 saturated carbocycles. The molecule has 1 heterocycles. The molecule has 0 atom stereocenters. The van der Waals surface area contributed by atoms with E-state index in [1.165, 1.54) is 25.9 Å². The van der Waals surface area contributed by atoms with Crippen LogP contribution < -0.4 is 0 Å². The smallest absolute Gasteiger partial charge is 0.0153 e. The summed E-state index contributed by atoms with van der Waals surface area (Å²) in [5, 5.41) is 0. The summed E-state index contributed by atoms with van der Waals surface area (Å²) in [4.78, 5) is 2.48. The first kappa shape index (κ1) is 9.05. The van der Waals surface area contributed by atoms with Crippen LogP contribution in [-0.2, 0) is 0 Å². The Morgan fingerprint density at radius 2 is 1.73 bits per heavy atom. The Morgan fingerprint density at radius 3 is 2.09 bits per heavy atom. The number of piperidine rings is 1. The molecule has 0 aromatic rings. The SMILES string of the molecule is [CH2]C(C)(C)N1CCC(C)CC1. The second-order valence-electron chi connectivity index (χ2n) is 4.48. The third-order valence-electron chi connectivity index (χ3n) is 2.64.